The SMILES string of the molecule is CCNC(=NCC(C)(O)c1ccco1)NCC1CCN(CCc2ccccc2)C1.I. The molecule has 1 aliphatic heterocycles. The topological polar surface area (TPSA) is 73.0 Å². The number of aliphatic imine (C=N–C) groups is 1. The minimum absolute atomic E-state index is 0. The maximum Gasteiger partial charge on any atom is 0.191 e. The van der Waals surface area contributed by atoms with Crippen LogP contribution in [0.1, 0.15) is 31.6 Å². The maximum absolute atomic E-state index is 10.6. The summed E-state index contributed by atoms with van der Waals surface area (Å²) in [5.41, 5.74) is 0.284. The Hall–Kier alpha value is -1.58. The second kappa shape index (κ2) is 12.3. The van der Waals surface area contributed by atoms with Gasteiger partial charge in [0.1, 0.15) is 11.4 Å². The van der Waals surface area contributed by atoms with Gasteiger partial charge in [0, 0.05) is 26.2 Å². The van der Waals surface area contributed by atoms with Crippen LogP contribution in [0.3, 0.4) is 0 Å². The summed E-state index contributed by atoms with van der Waals surface area (Å²) < 4.78 is 5.33. The van der Waals surface area contributed by atoms with Crippen molar-refractivity contribution in [3.8, 4) is 0 Å². The van der Waals surface area contributed by atoms with Crippen LogP contribution in [0, 0.1) is 5.92 Å². The monoisotopic (exact) mass is 526 g/mol. The Bertz CT molecular complexity index is 750. The molecule has 7 heteroatoms. The second-order valence-corrected chi connectivity index (χ2v) is 8.02. The average Bonchev–Trinajstić information content (AvgIpc) is 3.42. The van der Waals surface area contributed by atoms with E-state index >= 15 is 0 Å². The van der Waals surface area contributed by atoms with Gasteiger partial charge >= 0.3 is 0 Å². The molecule has 1 aromatic carbocycles. The fraction of sp³-hybridized carbons (Fsp3) is 0.522. The lowest BCUT2D eigenvalue weighted by Gasteiger charge is -2.20. The van der Waals surface area contributed by atoms with Crippen LogP contribution in [0.4, 0.5) is 0 Å². The van der Waals surface area contributed by atoms with Gasteiger partial charge in [-0.05, 0) is 56.8 Å². The summed E-state index contributed by atoms with van der Waals surface area (Å²) in [6.07, 6.45) is 3.87. The van der Waals surface area contributed by atoms with Crippen molar-refractivity contribution in [2.75, 3.05) is 39.3 Å². The quantitative estimate of drug-likeness (QED) is 0.266. The number of halogens is 1. The number of hydrogen-bond acceptors (Lipinski definition) is 4. The van der Waals surface area contributed by atoms with Crippen LogP contribution < -0.4 is 10.6 Å². The third-order valence-corrected chi connectivity index (χ3v) is 5.43. The van der Waals surface area contributed by atoms with E-state index in [-0.39, 0.29) is 30.5 Å². The number of nitrogens with one attached hydrogen (secondary N) is 2. The van der Waals surface area contributed by atoms with Crippen molar-refractivity contribution in [3.63, 3.8) is 0 Å². The molecule has 0 bridgehead atoms. The van der Waals surface area contributed by atoms with E-state index in [1.165, 1.54) is 12.0 Å². The van der Waals surface area contributed by atoms with Crippen LogP contribution in [0.2, 0.25) is 0 Å². The molecule has 6 nitrogen and oxygen atoms in total. The van der Waals surface area contributed by atoms with Gasteiger partial charge in [0.25, 0.3) is 0 Å². The molecule has 0 spiro atoms. The van der Waals surface area contributed by atoms with E-state index in [0.29, 0.717) is 11.7 Å². The van der Waals surface area contributed by atoms with E-state index in [2.05, 4.69) is 50.9 Å². The summed E-state index contributed by atoms with van der Waals surface area (Å²) in [5, 5.41) is 17.3. The molecular formula is C23H35IN4O2. The van der Waals surface area contributed by atoms with E-state index in [0.717, 1.165) is 45.1 Å². The zero-order chi connectivity index (χ0) is 20.5. The first-order chi connectivity index (χ1) is 14.1. The van der Waals surface area contributed by atoms with Crippen molar-refractivity contribution in [2.45, 2.75) is 32.3 Å². The molecule has 1 aromatic heterocycles. The first kappa shape index (κ1) is 24.7. The van der Waals surface area contributed by atoms with E-state index in [9.17, 15) is 5.11 Å². The third kappa shape index (κ3) is 7.59. The summed E-state index contributed by atoms with van der Waals surface area (Å²) in [7, 11) is 0. The molecule has 1 aliphatic rings. The molecular weight excluding hydrogens is 491 g/mol. The molecule has 2 heterocycles. The highest BCUT2D eigenvalue weighted by molar-refractivity contribution is 14.0. The summed E-state index contributed by atoms with van der Waals surface area (Å²) in [4.78, 5) is 7.11. The van der Waals surface area contributed by atoms with Crippen LogP contribution in [-0.4, -0.2) is 55.2 Å². The van der Waals surface area contributed by atoms with Gasteiger partial charge in [0.15, 0.2) is 5.96 Å². The highest BCUT2D eigenvalue weighted by Gasteiger charge is 2.26. The Morgan fingerprint density at radius 3 is 2.73 bits per heavy atom. The Balaban J connectivity index is 0.00000320. The fourth-order valence-corrected chi connectivity index (χ4v) is 3.69. The normalized spacial score (nSPS) is 19.2. The van der Waals surface area contributed by atoms with Gasteiger partial charge in [-0.3, -0.25) is 0 Å². The maximum atomic E-state index is 10.6. The number of furan rings is 1. The number of aliphatic hydroxyl groups is 1. The Morgan fingerprint density at radius 1 is 1.23 bits per heavy atom. The van der Waals surface area contributed by atoms with Gasteiger partial charge in [0.2, 0.25) is 0 Å². The molecule has 2 aromatic rings. The minimum Gasteiger partial charge on any atom is -0.466 e. The molecule has 0 radical (unpaired) electrons. The number of likely N-dealkylation sites (tertiary alicyclic amines) is 1. The van der Waals surface area contributed by atoms with Gasteiger partial charge in [-0.15, -0.1) is 24.0 Å². The molecule has 3 N–H and O–H groups in total. The first-order valence-electron chi connectivity index (χ1n) is 10.6. The number of rotatable bonds is 9. The molecule has 30 heavy (non-hydrogen) atoms. The van der Waals surface area contributed by atoms with Crippen LogP contribution in [0.15, 0.2) is 58.1 Å². The summed E-state index contributed by atoms with van der Waals surface area (Å²) in [5.74, 6) is 1.88. The Kier molecular flexibility index (Phi) is 10.1. The van der Waals surface area contributed by atoms with E-state index < -0.39 is 5.60 Å². The number of benzene rings is 1. The third-order valence-electron chi connectivity index (χ3n) is 5.43. The first-order valence-corrected chi connectivity index (χ1v) is 10.6. The van der Waals surface area contributed by atoms with Crippen molar-refractivity contribution in [3.05, 3.63) is 60.1 Å². The van der Waals surface area contributed by atoms with E-state index in [4.69, 9.17) is 4.42 Å². The Labute approximate surface area is 197 Å². The Morgan fingerprint density at radius 2 is 2.03 bits per heavy atom. The second-order valence-electron chi connectivity index (χ2n) is 8.02. The molecule has 1 saturated heterocycles. The van der Waals surface area contributed by atoms with Gasteiger partial charge < -0.3 is 25.1 Å². The van der Waals surface area contributed by atoms with Gasteiger partial charge in [-0.1, -0.05) is 30.3 Å². The minimum atomic E-state index is -1.12. The molecule has 166 valence electrons. The predicted molar refractivity (Wildman–Crippen MR) is 132 cm³/mol. The number of hydrogen-bond donors (Lipinski definition) is 3. The fourth-order valence-electron chi connectivity index (χ4n) is 3.69. The molecule has 0 amide bonds. The molecule has 1 fully saturated rings. The number of guanidine groups is 1. The van der Waals surface area contributed by atoms with Crippen molar-refractivity contribution in [2.24, 2.45) is 10.9 Å². The van der Waals surface area contributed by atoms with Crippen molar-refractivity contribution in [1.29, 1.82) is 0 Å². The van der Waals surface area contributed by atoms with Crippen molar-refractivity contribution < 1.29 is 9.52 Å². The lowest BCUT2D eigenvalue weighted by molar-refractivity contribution is 0.0437. The summed E-state index contributed by atoms with van der Waals surface area (Å²) in [6, 6.07) is 14.2. The lowest BCUT2D eigenvalue weighted by atomic mass is 10.0. The molecule has 0 saturated carbocycles. The summed E-state index contributed by atoms with van der Waals surface area (Å²) in [6.45, 7) is 9.05. The largest absolute Gasteiger partial charge is 0.466 e. The highest BCUT2D eigenvalue weighted by atomic mass is 127. The average molecular weight is 526 g/mol. The van der Waals surface area contributed by atoms with E-state index in [1.807, 2.05) is 6.92 Å². The van der Waals surface area contributed by atoms with Gasteiger partial charge in [-0.25, -0.2) is 4.99 Å². The zero-order valence-corrected chi connectivity index (χ0v) is 20.3. The molecule has 3 rings (SSSR count). The number of nitrogens with zero attached hydrogens (tertiary/aromatic N) is 2. The van der Waals surface area contributed by atoms with Crippen LogP contribution in [0.25, 0.3) is 0 Å². The smallest absolute Gasteiger partial charge is 0.191 e. The van der Waals surface area contributed by atoms with Crippen molar-refractivity contribution >= 4 is 29.9 Å². The molecule has 0 aliphatic carbocycles. The highest BCUT2D eigenvalue weighted by Crippen LogP contribution is 2.21. The summed E-state index contributed by atoms with van der Waals surface area (Å²) >= 11 is 0. The van der Waals surface area contributed by atoms with E-state index in [1.54, 1.807) is 25.3 Å². The van der Waals surface area contributed by atoms with Crippen LogP contribution in [0.5, 0.6) is 0 Å². The lowest BCUT2D eigenvalue weighted by Crippen LogP contribution is -2.41. The predicted octanol–water partition coefficient (Wildman–Crippen LogP) is 3.22. The van der Waals surface area contributed by atoms with Crippen LogP contribution in [-0.2, 0) is 12.0 Å². The van der Waals surface area contributed by atoms with Gasteiger partial charge in [-0.2, -0.15) is 0 Å². The van der Waals surface area contributed by atoms with Gasteiger partial charge in [0.05, 0.1) is 12.8 Å². The molecule has 2 atom stereocenters. The van der Waals surface area contributed by atoms with Crippen molar-refractivity contribution in [1.82, 2.24) is 15.5 Å². The molecule has 2 unspecified atom stereocenters. The zero-order valence-electron chi connectivity index (χ0n) is 18.0. The van der Waals surface area contributed by atoms with Crippen LogP contribution >= 0.6 is 24.0 Å². The standard InChI is InChI=1S/C23H34N4O2.HI/c1-3-24-22(26-18-23(2,28)21-10-7-15-29-21)25-16-20-12-14-27(17-20)13-11-19-8-5-4-6-9-19;/h4-10,15,20,28H,3,11-14,16-18H2,1-2H3,(H2,24,25,26);1H.